The van der Waals surface area contributed by atoms with Gasteiger partial charge in [0, 0.05) is 38.4 Å². The van der Waals surface area contributed by atoms with E-state index in [4.69, 9.17) is 0 Å². The standard InChI is InChI=1S/C14H27N5.HI/c1-10(2)7-8-16-14(15-5)17-9-13-11(3)18-19(6)12(13)4;/h10H,7-9H2,1-6H3,(H2,15,16,17);1H. The Morgan fingerprint density at radius 1 is 1.30 bits per heavy atom. The molecule has 116 valence electrons. The van der Waals surface area contributed by atoms with Crippen LogP contribution in [0.5, 0.6) is 0 Å². The van der Waals surface area contributed by atoms with Gasteiger partial charge in [-0.1, -0.05) is 13.8 Å². The average molecular weight is 393 g/mol. The smallest absolute Gasteiger partial charge is 0.191 e. The Kier molecular flexibility index (Phi) is 8.84. The van der Waals surface area contributed by atoms with Crippen LogP contribution in [0.15, 0.2) is 4.99 Å². The number of aliphatic imine (C=N–C) groups is 1. The Balaban J connectivity index is 0.00000361. The summed E-state index contributed by atoms with van der Waals surface area (Å²) in [4.78, 5) is 4.23. The van der Waals surface area contributed by atoms with E-state index in [-0.39, 0.29) is 24.0 Å². The molecule has 0 aliphatic heterocycles. The molecule has 0 aliphatic rings. The molecule has 0 fully saturated rings. The number of rotatable bonds is 5. The van der Waals surface area contributed by atoms with Crippen LogP contribution < -0.4 is 10.6 Å². The number of aromatic nitrogens is 2. The molecule has 5 nitrogen and oxygen atoms in total. The molecule has 1 aromatic rings. The first-order valence-corrected chi connectivity index (χ1v) is 6.89. The minimum atomic E-state index is 0. The van der Waals surface area contributed by atoms with Crippen molar-refractivity contribution in [1.82, 2.24) is 20.4 Å². The lowest BCUT2D eigenvalue weighted by Gasteiger charge is -2.13. The molecule has 1 aromatic heterocycles. The van der Waals surface area contributed by atoms with Crippen molar-refractivity contribution in [3.63, 3.8) is 0 Å². The van der Waals surface area contributed by atoms with Gasteiger partial charge in [0.25, 0.3) is 0 Å². The first-order valence-electron chi connectivity index (χ1n) is 6.89. The molecule has 1 rings (SSSR count). The molecular weight excluding hydrogens is 365 g/mol. The van der Waals surface area contributed by atoms with Crippen LogP contribution in [0, 0.1) is 19.8 Å². The highest BCUT2D eigenvalue weighted by Gasteiger charge is 2.09. The molecule has 1 heterocycles. The van der Waals surface area contributed by atoms with E-state index in [9.17, 15) is 0 Å². The third-order valence-electron chi connectivity index (χ3n) is 3.33. The number of hydrogen-bond donors (Lipinski definition) is 2. The van der Waals surface area contributed by atoms with E-state index in [1.165, 1.54) is 11.3 Å². The van der Waals surface area contributed by atoms with Crippen LogP contribution in [0.4, 0.5) is 0 Å². The molecule has 0 saturated carbocycles. The fourth-order valence-corrected chi connectivity index (χ4v) is 1.95. The van der Waals surface area contributed by atoms with Crippen LogP contribution in [0.1, 0.15) is 37.2 Å². The number of halogens is 1. The third-order valence-corrected chi connectivity index (χ3v) is 3.33. The molecule has 6 heteroatoms. The number of hydrogen-bond acceptors (Lipinski definition) is 2. The molecule has 0 aliphatic carbocycles. The monoisotopic (exact) mass is 393 g/mol. The Labute approximate surface area is 139 Å². The highest BCUT2D eigenvalue weighted by atomic mass is 127. The highest BCUT2D eigenvalue weighted by molar-refractivity contribution is 14.0. The summed E-state index contributed by atoms with van der Waals surface area (Å²) in [6, 6.07) is 0. The van der Waals surface area contributed by atoms with Crippen molar-refractivity contribution in [3.8, 4) is 0 Å². The van der Waals surface area contributed by atoms with Gasteiger partial charge in [-0.25, -0.2) is 0 Å². The van der Waals surface area contributed by atoms with Crippen LogP contribution in [-0.2, 0) is 13.6 Å². The predicted octanol–water partition coefficient (Wildman–Crippen LogP) is 2.37. The van der Waals surface area contributed by atoms with Gasteiger partial charge >= 0.3 is 0 Å². The van der Waals surface area contributed by atoms with E-state index >= 15 is 0 Å². The zero-order valence-corrected chi connectivity index (χ0v) is 15.8. The average Bonchev–Trinajstić information content (AvgIpc) is 2.58. The second-order valence-corrected chi connectivity index (χ2v) is 5.31. The van der Waals surface area contributed by atoms with Gasteiger partial charge in [-0.3, -0.25) is 9.67 Å². The summed E-state index contributed by atoms with van der Waals surface area (Å²) < 4.78 is 1.92. The molecule has 0 unspecified atom stereocenters. The number of aryl methyl sites for hydroxylation is 2. The van der Waals surface area contributed by atoms with E-state index in [2.05, 4.69) is 41.5 Å². The van der Waals surface area contributed by atoms with Gasteiger partial charge in [0.2, 0.25) is 0 Å². The van der Waals surface area contributed by atoms with E-state index < -0.39 is 0 Å². The Bertz CT molecular complexity index is 437. The molecule has 20 heavy (non-hydrogen) atoms. The van der Waals surface area contributed by atoms with Gasteiger partial charge in [0.15, 0.2) is 5.96 Å². The summed E-state index contributed by atoms with van der Waals surface area (Å²) in [6.07, 6.45) is 1.14. The van der Waals surface area contributed by atoms with Crippen molar-refractivity contribution in [2.24, 2.45) is 18.0 Å². The van der Waals surface area contributed by atoms with Crippen LogP contribution in [0.3, 0.4) is 0 Å². The molecule has 0 aromatic carbocycles. The quantitative estimate of drug-likeness (QED) is 0.459. The summed E-state index contributed by atoms with van der Waals surface area (Å²) in [5, 5.41) is 11.1. The number of nitrogens with zero attached hydrogens (tertiary/aromatic N) is 3. The van der Waals surface area contributed by atoms with Crippen LogP contribution in [0.25, 0.3) is 0 Å². The van der Waals surface area contributed by atoms with E-state index in [1.54, 1.807) is 7.05 Å². The fraction of sp³-hybridized carbons (Fsp3) is 0.714. The Hall–Kier alpha value is -0.790. The largest absolute Gasteiger partial charge is 0.356 e. The Morgan fingerprint density at radius 3 is 2.40 bits per heavy atom. The van der Waals surface area contributed by atoms with Crippen molar-refractivity contribution in [3.05, 3.63) is 17.0 Å². The van der Waals surface area contributed by atoms with Gasteiger partial charge in [-0.2, -0.15) is 5.10 Å². The van der Waals surface area contributed by atoms with E-state index in [0.29, 0.717) is 5.92 Å². The summed E-state index contributed by atoms with van der Waals surface area (Å²) in [5.41, 5.74) is 3.52. The third kappa shape index (κ3) is 5.68. The topological polar surface area (TPSA) is 54.2 Å². The molecule has 0 spiro atoms. The molecule has 0 atom stereocenters. The zero-order valence-electron chi connectivity index (χ0n) is 13.4. The first-order chi connectivity index (χ1) is 8.95. The van der Waals surface area contributed by atoms with Gasteiger partial charge < -0.3 is 10.6 Å². The minimum absolute atomic E-state index is 0. The van der Waals surface area contributed by atoms with Crippen LogP contribution >= 0.6 is 24.0 Å². The maximum Gasteiger partial charge on any atom is 0.191 e. The molecule has 0 radical (unpaired) electrons. The second-order valence-electron chi connectivity index (χ2n) is 5.31. The second kappa shape index (κ2) is 9.20. The lowest BCUT2D eigenvalue weighted by molar-refractivity contribution is 0.573. The summed E-state index contributed by atoms with van der Waals surface area (Å²) in [7, 11) is 3.77. The number of nitrogens with one attached hydrogen (secondary N) is 2. The van der Waals surface area contributed by atoms with Crippen molar-refractivity contribution >= 4 is 29.9 Å². The van der Waals surface area contributed by atoms with Gasteiger partial charge in [-0.05, 0) is 26.2 Å². The highest BCUT2D eigenvalue weighted by Crippen LogP contribution is 2.10. The molecular formula is C14H28IN5. The molecule has 0 bridgehead atoms. The Morgan fingerprint density at radius 2 is 1.95 bits per heavy atom. The van der Waals surface area contributed by atoms with Gasteiger partial charge in [-0.15, -0.1) is 24.0 Å². The van der Waals surface area contributed by atoms with Crippen molar-refractivity contribution in [2.75, 3.05) is 13.6 Å². The van der Waals surface area contributed by atoms with Crippen LogP contribution in [0.2, 0.25) is 0 Å². The number of guanidine groups is 1. The summed E-state index contributed by atoms with van der Waals surface area (Å²) in [5.74, 6) is 1.55. The SMILES string of the molecule is CN=C(NCCC(C)C)NCc1c(C)nn(C)c1C.I. The molecule has 0 amide bonds. The molecule has 0 saturated heterocycles. The van der Waals surface area contributed by atoms with E-state index in [1.807, 2.05) is 18.7 Å². The summed E-state index contributed by atoms with van der Waals surface area (Å²) >= 11 is 0. The normalized spacial score (nSPS) is 11.4. The van der Waals surface area contributed by atoms with Crippen molar-refractivity contribution in [1.29, 1.82) is 0 Å². The van der Waals surface area contributed by atoms with Gasteiger partial charge in [0.1, 0.15) is 0 Å². The van der Waals surface area contributed by atoms with Crippen LogP contribution in [-0.4, -0.2) is 29.3 Å². The fourth-order valence-electron chi connectivity index (χ4n) is 1.95. The predicted molar refractivity (Wildman–Crippen MR) is 95.8 cm³/mol. The minimum Gasteiger partial charge on any atom is -0.356 e. The maximum absolute atomic E-state index is 4.42. The first kappa shape index (κ1) is 19.2. The maximum atomic E-state index is 4.42. The van der Waals surface area contributed by atoms with Crippen molar-refractivity contribution in [2.45, 2.75) is 40.7 Å². The molecule has 2 N–H and O–H groups in total. The van der Waals surface area contributed by atoms with E-state index in [0.717, 1.165) is 31.2 Å². The summed E-state index contributed by atoms with van der Waals surface area (Å²) in [6.45, 7) is 10.3. The zero-order chi connectivity index (χ0) is 14.4. The van der Waals surface area contributed by atoms with Gasteiger partial charge in [0.05, 0.1) is 5.69 Å². The van der Waals surface area contributed by atoms with Crippen molar-refractivity contribution < 1.29 is 0 Å². The lowest BCUT2D eigenvalue weighted by atomic mass is 10.1. The lowest BCUT2D eigenvalue weighted by Crippen LogP contribution is -2.37.